The molecule has 1 heterocycles. The number of halogens is 1. The van der Waals surface area contributed by atoms with Gasteiger partial charge < -0.3 is 20.8 Å². The van der Waals surface area contributed by atoms with Gasteiger partial charge in [0.1, 0.15) is 5.75 Å². The Morgan fingerprint density at radius 1 is 1.09 bits per heavy atom. The van der Waals surface area contributed by atoms with Gasteiger partial charge in [0.05, 0.1) is 12.9 Å². The monoisotopic (exact) mass is 337 g/mol. The maximum atomic E-state index is 5.73. The highest BCUT2D eigenvalue weighted by Crippen LogP contribution is 2.15. The van der Waals surface area contributed by atoms with E-state index < -0.39 is 0 Å². The molecule has 23 heavy (non-hydrogen) atoms. The van der Waals surface area contributed by atoms with Crippen molar-refractivity contribution in [2.24, 2.45) is 16.5 Å². The molecule has 0 bridgehead atoms. The third-order valence-electron chi connectivity index (χ3n) is 3.25. The lowest BCUT2D eigenvalue weighted by Gasteiger charge is -2.07. The summed E-state index contributed by atoms with van der Waals surface area (Å²) in [6.45, 7) is 1.44. The molecule has 0 amide bonds. The summed E-state index contributed by atoms with van der Waals surface area (Å²) in [6.07, 6.45) is 9.73. The van der Waals surface area contributed by atoms with Crippen LogP contribution in [0.2, 0.25) is 0 Å². The standard InChI is InChI=1S/C16H23N5O.ClH/c17-16(18)20-9-3-1-2-4-12-22-15-7-5-14(6-8-15)21-11-10-19-13-21;/h5-8,10-11,13H,1-4,9,12H2,(H4,17,18,20);1H. The lowest BCUT2D eigenvalue weighted by atomic mass is 10.2. The Bertz CT molecular complexity index is 565. The Morgan fingerprint density at radius 2 is 1.83 bits per heavy atom. The molecule has 0 atom stereocenters. The molecule has 1 aromatic heterocycles. The first-order valence-electron chi connectivity index (χ1n) is 7.52. The van der Waals surface area contributed by atoms with Crippen molar-refractivity contribution in [3.63, 3.8) is 0 Å². The molecule has 2 rings (SSSR count). The van der Waals surface area contributed by atoms with Crippen LogP contribution >= 0.6 is 12.4 Å². The smallest absolute Gasteiger partial charge is 0.185 e. The summed E-state index contributed by atoms with van der Waals surface area (Å²) in [5, 5.41) is 0. The van der Waals surface area contributed by atoms with Gasteiger partial charge in [-0.2, -0.15) is 0 Å². The van der Waals surface area contributed by atoms with Crippen molar-refractivity contribution in [3.05, 3.63) is 43.0 Å². The van der Waals surface area contributed by atoms with E-state index in [1.165, 1.54) is 0 Å². The number of imidazole rings is 1. The largest absolute Gasteiger partial charge is 0.494 e. The molecule has 4 N–H and O–H groups in total. The van der Waals surface area contributed by atoms with Crippen LogP contribution in [0.25, 0.3) is 5.69 Å². The van der Waals surface area contributed by atoms with Gasteiger partial charge in [0.25, 0.3) is 0 Å². The zero-order valence-electron chi connectivity index (χ0n) is 13.1. The molecule has 0 aliphatic heterocycles. The summed E-state index contributed by atoms with van der Waals surface area (Å²) in [5.74, 6) is 1.06. The highest BCUT2D eigenvalue weighted by atomic mass is 35.5. The summed E-state index contributed by atoms with van der Waals surface area (Å²) in [7, 11) is 0. The number of hydrogen-bond donors (Lipinski definition) is 2. The zero-order valence-corrected chi connectivity index (χ0v) is 13.9. The van der Waals surface area contributed by atoms with E-state index in [-0.39, 0.29) is 18.4 Å². The van der Waals surface area contributed by atoms with Gasteiger partial charge in [-0.15, -0.1) is 12.4 Å². The molecule has 0 spiro atoms. The number of unbranched alkanes of at least 4 members (excludes halogenated alkanes) is 3. The maximum absolute atomic E-state index is 5.73. The number of ether oxygens (including phenoxy) is 1. The molecule has 0 aliphatic carbocycles. The maximum Gasteiger partial charge on any atom is 0.185 e. The van der Waals surface area contributed by atoms with Gasteiger partial charge in [-0.1, -0.05) is 6.42 Å². The van der Waals surface area contributed by atoms with Crippen LogP contribution in [0, 0.1) is 0 Å². The van der Waals surface area contributed by atoms with E-state index in [1.54, 1.807) is 12.5 Å². The molecule has 2 aromatic rings. The molecule has 126 valence electrons. The Labute approximate surface area is 143 Å². The van der Waals surface area contributed by atoms with Crippen molar-refractivity contribution < 1.29 is 4.74 Å². The van der Waals surface area contributed by atoms with E-state index in [4.69, 9.17) is 16.2 Å². The summed E-state index contributed by atoms with van der Waals surface area (Å²) < 4.78 is 7.69. The molecule has 0 unspecified atom stereocenters. The fourth-order valence-corrected chi connectivity index (χ4v) is 2.09. The highest BCUT2D eigenvalue weighted by molar-refractivity contribution is 5.85. The first kappa shape index (κ1) is 18.8. The Morgan fingerprint density at radius 3 is 2.48 bits per heavy atom. The van der Waals surface area contributed by atoms with Crippen molar-refractivity contribution in [1.29, 1.82) is 0 Å². The van der Waals surface area contributed by atoms with Crippen molar-refractivity contribution in [2.45, 2.75) is 25.7 Å². The van der Waals surface area contributed by atoms with E-state index in [2.05, 4.69) is 9.98 Å². The highest BCUT2D eigenvalue weighted by Gasteiger charge is 1.97. The van der Waals surface area contributed by atoms with Gasteiger partial charge in [-0.05, 0) is 43.5 Å². The van der Waals surface area contributed by atoms with Crippen LogP contribution in [0.15, 0.2) is 48.0 Å². The average molecular weight is 338 g/mol. The Kier molecular flexibility index (Phi) is 8.60. The van der Waals surface area contributed by atoms with Gasteiger partial charge in [0, 0.05) is 24.6 Å². The molecule has 0 radical (unpaired) electrons. The summed E-state index contributed by atoms with van der Waals surface area (Å²) in [4.78, 5) is 7.99. The predicted molar refractivity (Wildman–Crippen MR) is 95.5 cm³/mol. The molecule has 1 aromatic carbocycles. The topological polar surface area (TPSA) is 91.5 Å². The first-order valence-corrected chi connectivity index (χ1v) is 7.52. The van der Waals surface area contributed by atoms with E-state index in [0.29, 0.717) is 6.54 Å². The van der Waals surface area contributed by atoms with Gasteiger partial charge in [-0.3, -0.25) is 4.99 Å². The van der Waals surface area contributed by atoms with Crippen molar-refractivity contribution in [3.8, 4) is 11.4 Å². The number of aliphatic imine (C=N–C) groups is 1. The normalized spacial score (nSPS) is 9.91. The van der Waals surface area contributed by atoms with E-state index in [0.717, 1.165) is 43.7 Å². The van der Waals surface area contributed by atoms with Crippen molar-refractivity contribution in [1.82, 2.24) is 9.55 Å². The number of aromatic nitrogens is 2. The van der Waals surface area contributed by atoms with E-state index in [9.17, 15) is 0 Å². The first-order chi connectivity index (χ1) is 10.8. The second-order valence-corrected chi connectivity index (χ2v) is 5.03. The fraction of sp³-hybridized carbons (Fsp3) is 0.375. The van der Waals surface area contributed by atoms with Gasteiger partial charge in [0.2, 0.25) is 0 Å². The van der Waals surface area contributed by atoms with Gasteiger partial charge in [-0.25, -0.2) is 4.98 Å². The minimum absolute atomic E-state index is 0. The number of rotatable bonds is 9. The van der Waals surface area contributed by atoms with Crippen LogP contribution in [0.1, 0.15) is 25.7 Å². The van der Waals surface area contributed by atoms with Crippen LogP contribution < -0.4 is 16.2 Å². The van der Waals surface area contributed by atoms with Crippen LogP contribution in [0.3, 0.4) is 0 Å². The Hall–Kier alpha value is -2.21. The molecule has 7 heteroatoms. The third kappa shape index (κ3) is 7.06. The van der Waals surface area contributed by atoms with Crippen LogP contribution in [-0.4, -0.2) is 28.7 Å². The van der Waals surface area contributed by atoms with Crippen LogP contribution in [0.4, 0.5) is 0 Å². The number of benzene rings is 1. The van der Waals surface area contributed by atoms with Gasteiger partial charge in [0.15, 0.2) is 5.96 Å². The van der Waals surface area contributed by atoms with Crippen LogP contribution in [0.5, 0.6) is 5.75 Å². The molecule has 0 saturated heterocycles. The number of nitrogens with zero attached hydrogens (tertiary/aromatic N) is 3. The molecule has 0 fully saturated rings. The predicted octanol–water partition coefficient (Wildman–Crippen LogP) is 2.51. The molecule has 0 saturated carbocycles. The summed E-state index contributed by atoms with van der Waals surface area (Å²) in [5.41, 5.74) is 11.6. The third-order valence-corrected chi connectivity index (χ3v) is 3.25. The molecular formula is C16H24ClN5O. The fourth-order valence-electron chi connectivity index (χ4n) is 2.09. The second kappa shape index (κ2) is 10.5. The second-order valence-electron chi connectivity index (χ2n) is 5.03. The number of hydrogen-bond acceptors (Lipinski definition) is 3. The SMILES string of the molecule is Cl.NC(N)=NCCCCCCOc1ccc(-n2ccnc2)cc1. The summed E-state index contributed by atoms with van der Waals surface area (Å²) in [6, 6.07) is 8.00. The minimum Gasteiger partial charge on any atom is -0.494 e. The van der Waals surface area contributed by atoms with Gasteiger partial charge >= 0.3 is 0 Å². The number of nitrogens with two attached hydrogens (primary N) is 2. The lowest BCUT2D eigenvalue weighted by Crippen LogP contribution is -2.22. The van der Waals surface area contributed by atoms with E-state index >= 15 is 0 Å². The zero-order chi connectivity index (χ0) is 15.6. The average Bonchev–Trinajstić information content (AvgIpc) is 3.04. The minimum atomic E-state index is 0. The van der Waals surface area contributed by atoms with Crippen molar-refractivity contribution >= 4 is 18.4 Å². The molecular weight excluding hydrogens is 314 g/mol. The summed E-state index contributed by atoms with van der Waals surface area (Å²) >= 11 is 0. The van der Waals surface area contributed by atoms with Crippen molar-refractivity contribution in [2.75, 3.05) is 13.2 Å². The number of guanidine groups is 1. The van der Waals surface area contributed by atoms with Crippen LogP contribution in [-0.2, 0) is 0 Å². The molecule has 6 nitrogen and oxygen atoms in total. The van der Waals surface area contributed by atoms with E-state index in [1.807, 2.05) is 35.0 Å². The quantitative estimate of drug-likeness (QED) is 0.418. The lowest BCUT2D eigenvalue weighted by molar-refractivity contribution is 0.305. The Balaban J connectivity index is 0.00000264. The molecule has 0 aliphatic rings.